The van der Waals surface area contributed by atoms with E-state index >= 15 is 0 Å². The number of nitrogens with one attached hydrogen (secondary N) is 1. The van der Waals surface area contributed by atoms with Crippen molar-refractivity contribution < 1.29 is 9.90 Å². The summed E-state index contributed by atoms with van der Waals surface area (Å²) in [6.07, 6.45) is 8.08. The second kappa shape index (κ2) is 5.76. The van der Waals surface area contributed by atoms with Crippen molar-refractivity contribution in [2.24, 2.45) is 0 Å². The van der Waals surface area contributed by atoms with E-state index in [1.54, 1.807) is 12.1 Å². The molecule has 0 saturated carbocycles. The lowest BCUT2D eigenvalue weighted by atomic mass is 10.1. The number of aromatic nitrogens is 1. The molecule has 16 heavy (non-hydrogen) atoms. The maximum Gasteiger partial charge on any atom is 0.356 e. The first-order chi connectivity index (χ1) is 7.69. The number of nitrogens with zero attached hydrogens (tertiary/aromatic N) is 1. The van der Waals surface area contributed by atoms with Crippen LogP contribution >= 0.6 is 0 Å². The molecule has 1 rings (SSSR count). The average molecular weight is 218 g/mol. The monoisotopic (exact) mass is 218 g/mol. The third kappa shape index (κ3) is 2.99. The van der Waals surface area contributed by atoms with E-state index in [0.717, 1.165) is 6.42 Å². The van der Waals surface area contributed by atoms with Crippen LogP contribution < -0.4 is 5.32 Å². The maximum atomic E-state index is 10.9. The van der Waals surface area contributed by atoms with Crippen molar-refractivity contribution in [3.63, 3.8) is 0 Å². The number of carboxylic acid groups (broad SMARTS) is 1. The Morgan fingerprint density at radius 2 is 2.50 bits per heavy atom. The van der Waals surface area contributed by atoms with Crippen LogP contribution in [0.5, 0.6) is 0 Å². The van der Waals surface area contributed by atoms with Crippen LogP contribution in [0.25, 0.3) is 0 Å². The Morgan fingerprint density at radius 1 is 1.75 bits per heavy atom. The van der Waals surface area contributed by atoms with Crippen molar-refractivity contribution in [1.29, 1.82) is 0 Å². The normalized spacial score (nSPS) is 11.5. The number of terminal acetylenes is 1. The Kier molecular flexibility index (Phi) is 4.34. The number of carboxylic acids is 1. The first-order valence-electron chi connectivity index (χ1n) is 5.07. The van der Waals surface area contributed by atoms with Crippen LogP contribution in [-0.4, -0.2) is 22.1 Å². The third-order valence-electron chi connectivity index (χ3n) is 2.23. The molecule has 0 aromatic carbocycles. The van der Waals surface area contributed by atoms with Crippen molar-refractivity contribution >= 4 is 11.7 Å². The van der Waals surface area contributed by atoms with Crippen molar-refractivity contribution in [3.8, 4) is 12.3 Å². The van der Waals surface area contributed by atoms with Gasteiger partial charge >= 0.3 is 5.97 Å². The summed E-state index contributed by atoms with van der Waals surface area (Å²) in [6.45, 7) is 1.99. The predicted molar refractivity (Wildman–Crippen MR) is 62.3 cm³/mol. The summed E-state index contributed by atoms with van der Waals surface area (Å²) in [5, 5.41) is 12.0. The smallest absolute Gasteiger partial charge is 0.356 e. The highest BCUT2D eigenvalue weighted by molar-refractivity contribution is 5.91. The molecular weight excluding hydrogens is 204 g/mol. The van der Waals surface area contributed by atoms with Crippen LogP contribution in [0.1, 0.15) is 30.3 Å². The second-order valence-corrected chi connectivity index (χ2v) is 3.36. The summed E-state index contributed by atoms with van der Waals surface area (Å²) < 4.78 is 0. The van der Waals surface area contributed by atoms with Gasteiger partial charge in [-0.2, -0.15) is 0 Å². The molecule has 1 atom stereocenters. The minimum absolute atomic E-state index is 0.0259. The Bertz CT molecular complexity index is 410. The van der Waals surface area contributed by atoms with E-state index in [1.807, 2.05) is 6.92 Å². The third-order valence-corrected chi connectivity index (χ3v) is 2.23. The van der Waals surface area contributed by atoms with E-state index in [-0.39, 0.29) is 11.7 Å². The molecule has 0 saturated heterocycles. The van der Waals surface area contributed by atoms with Crippen LogP contribution in [0, 0.1) is 12.3 Å². The zero-order valence-electron chi connectivity index (χ0n) is 9.10. The number of pyridine rings is 1. The summed E-state index contributed by atoms with van der Waals surface area (Å²) in [5.74, 6) is 1.51. The zero-order chi connectivity index (χ0) is 12.0. The number of anilines is 1. The SMILES string of the molecule is C#CCC(CC)Nc1cccnc1C(=O)O. The molecule has 4 heteroatoms. The first-order valence-corrected chi connectivity index (χ1v) is 5.07. The quantitative estimate of drug-likeness (QED) is 0.742. The van der Waals surface area contributed by atoms with Crippen LogP contribution in [0.4, 0.5) is 5.69 Å². The largest absolute Gasteiger partial charge is 0.476 e. The summed E-state index contributed by atoms with van der Waals surface area (Å²) >= 11 is 0. The Labute approximate surface area is 94.7 Å². The van der Waals surface area contributed by atoms with Crippen LogP contribution in [0.15, 0.2) is 18.3 Å². The molecule has 84 valence electrons. The number of hydrogen-bond acceptors (Lipinski definition) is 3. The lowest BCUT2D eigenvalue weighted by molar-refractivity contribution is 0.0691. The minimum atomic E-state index is -1.04. The van der Waals surface area contributed by atoms with Gasteiger partial charge in [0.25, 0.3) is 0 Å². The molecule has 1 aromatic heterocycles. The fourth-order valence-electron chi connectivity index (χ4n) is 1.35. The second-order valence-electron chi connectivity index (χ2n) is 3.36. The number of rotatable bonds is 5. The van der Waals surface area contributed by atoms with Gasteiger partial charge in [-0.1, -0.05) is 6.92 Å². The Hall–Kier alpha value is -2.02. The topological polar surface area (TPSA) is 62.2 Å². The summed E-state index contributed by atoms with van der Waals surface area (Å²) in [5.41, 5.74) is 0.537. The first kappa shape index (κ1) is 12.1. The van der Waals surface area contributed by atoms with Gasteiger partial charge in [-0.05, 0) is 18.6 Å². The van der Waals surface area contributed by atoms with E-state index in [2.05, 4.69) is 16.2 Å². The molecular formula is C12H14N2O2. The standard InChI is InChI=1S/C12H14N2O2/c1-3-6-9(4-2)14-10-7-5-8-13-11(10)12(15)16/h1,5,7-9,14H,4,6H2,2H3,(H,15,16). The maximum absolute atomic E-state index is 10.9. The minimum Gasteiger partial charge on any atom is -0.476 e. The van der Waals surface area contributed by atoms with Crippen molar-refractivity contribution in [2.75, 3.05) is 5.32 Å². The molecule has 0 spiro atoms. The molecule has 0 bridgehead atoms. The van der Waals surface area contributed by atoms with E-state index in [0.29, 0.717) is 12.1 Å². The lowest BCUT2D eigenvalue weighted by Crippen LogP contribution is -2.20. The van der Waals surface area contributed by atoms with Gasteiger partial charge in [-0.15, -0.1) is 12.3 Å². The highest BCUT2D eigenvalue weighted by Gasteiger charge is 2.13. The fraction of sp³-hybridized carbons (Fsp3) is 0.333. The molecule has 0 aliphatic heterocycles. The fourth-order valence-corrected chi connectivity index (χ4v) is 1.35. The summed E-state index contributed by atoms with van der Waals surface area (Å²) in [7, 11) is 0. The molecule has 0 amide bonds. The van der Waals surface area contributed by atoms with Gasteiger partial charge in [0.2, 0.25) is 0 Å². The molecule has 1 aromatic rings. The van der Waals surface area contributed by atoms with Crippen LogP contribution in [0.2, 0.25) is 0 Å². The van der Waals surface area contributed by atoms with Crippen molar-refractivity contribution in [3.05, 3.63) is 24.0 Å². The molecule has 1 heterocycles. The van der Waals surface area contributed by atoms with E-state index in [1.165, 1.54) is 6.20 Å². The van der Waals surface area contributed by atoms with Gasteiger partial charge in [0.15, 0.2) is 5.69 Å². The average Bonchev–Trinajstić information content (AvgIpc) is 2.29. The Morgan fingerprint density at radius 3 is 3.06 bits per heavy atom. The van der Waals surface area contributed by atoms with E-state index < -0.39 is 5.97 Å². The number of hydrogen-bond donors (Lipinski definition) is 2. The van der Waals surface area contributed by atoms with Gasteiger partial charge in [0.1, 0.15) is 0 Å². The van der Waals surface area contributed by atoms with Gasteiger partial charge in [0.05, 0.1) is 5.69 Å². The van der Waals surface area contributed by atoms with Gasteiger partial charge < -0.3 is 10.4 Å². The van der Waals surface area contributed by atoms with Crippen molar-refractivity contribution in [2.45, 2.75) is 25.8 Å². The van der Waals surface area contributed by atoms with E-state index in [9.17, 15) is 4.79 Å². The van der Waals surface area contributed by atoms with Crippen molar-refractivity contribution in [1.82, 2.24) is 4.98 Å². The number of carbonyl (C=O) groups is 1. The highest BCUT2D eigenvalue weighted by Crippen LogP contribution is 2.15. The molecule has 0 aliphatic carbocycles. The highest BCUT2D eigenvalue weighted by atomic mass is 16.4. The van der Waals surface area contributed by atoms with E-state index in [4.69, 9.17) is 11.5 Å². The Balaban J connectivity index is 2.87. The molecule has 4 nitrogen and oxygen atoms in total. The lowest BCUT2D eigenvalue weighted by Gasteiger charge is -2.16. The molecule has 0 radical (unpaired) electrons. The summed E-state index contributed by atoms with van der Waals surface area (Å²) in [6, 6.07) is 3.46. The predicted octanol–water partition coefficient (Wildman–Crippen LogP) is 1.99. The molecule has 0 fully saturated rings. The zero-order valence-corrected chi connectivity index (χ0v) is 9.10. The van der Waals surface area contributed by atoms with Crippen LogP contribution in [-0.2, 0) is 0 Å². The van der Waals surface area contributed by atoms with Gasteiger partial charge in [-0.25, -0.2) is 9.78 Å². The van der Waals surface area contributed by atoms with Gasteiger partial charge in [0, 0.05) is 18.7 Å². The molecule has 1 unspecified atom stereocenters. The molecule has 0 aliphatic rings. The molecule has 2 N–H and O–H groups in total. The van der Waals surface area contributed by atoms with Crippen LogP contribution in [0.3, 0.4) is 0 Å². The van der Waals surface area contributed by atoms with Gasteiger partial charge in [-0.3, -0.25) is 0 Å². The summed E-state index contributed by atoms with van der Waals surface area (Å²) in [4.78, 5) is 14.7. The number of aromatic carboxylic acids is 1.